The minimum Gasteiger partial charge on any atom is -0.346 e. The lowest BCUT2D eigenvalue weighted by Gasteiger charge is -2.32. The lowest BCUT2D eigenvalue weighted by molar-refractivity contribution is -0.895. The molecule has 8 heteroatoms. The van der Waals surface area contributed by atoms with Crippen molar-refractivity contribution in [2.24, 2.45) is 0 Å². The second kappa shape index (κ2) is 7.80. The van der Waals surface area contributed by atoms with Crippen LogP contribution < -0.4 is 10.2 Å². The average Bonchev–Trinajstić information content (AvgIpc) is 2.55. The Morgan fingerprint density at radius 3 is 2.52 bits per heavy atom. The second-order valence-electron chi connectivity index (χ2n) is 7.07. The molecule has 0 radical (unpaired) electrons. The molecule has 0 bridgehead atoms. The Morgan fingerprint density at radius 1 is 1.32 bits per heavy atom. The third kappa shape index (κ3) is 5.23. The van der Waals surface area contributed by atoms with Gasteiger partial charge >= 0.3 is 0 Å². The molecule has 1 saturated heterocycles. The summed E-state index contributed by atoms with van der Waals surface area (Å²) < 4.78 is 39.8. The van der Waals surface area contributed by atoms with Gasteiger partial charge in [-0.25, -0.2) is 12.8 Å². The fourth-order valence-electron chi connectivity index (χ4n) is 2.73. The highest BCUT2D eigenvalue weighted by Gasteiger charge is 2.31. The minimum absolute atomic E-state index is 0.0247. The minimum atomic E-state index is -3.69. The summed E-state index contributed by atoms with van der Waals surface area (Å²) >= 11 is 0. The van der Waals surface area contributed by atoms with E-state index in [0.717, 1.165) is 17.4 Å². The van der Waals surface area contributed by atoms with E-state index in [2.05, 4.69) is 5.32 Å². The van der Waals surface area contributed by atoms with Crippen molar-refractivity contribution in [2.75, 3.05) is 32.7 Å². The van der Waals surface area contributed by atoms with Gasteiger partial charge in [-0.3, -0.25) is 4.79 Å². The van der Waals surface area contributed by atoms with Crippen LogP contribution in [0.1, 0.15) is 27.2 Å². The van der Waals surface area contributed by atoms with Crippen molar-refractivity contribution in [2.45, 2.75) is 37.6 Å². The van der Waals surface area contributed by atoms with E-state index in [1.54, 1.807) is 0 Å². The van der Waals surface area contributed by atoms with E-state index >= 15 is 0 Å². The third-order valence-corrected chi connectivity index (χ3v) is 6.53. The summed E-state index contributed by atoms with van der Waals surface area (Å²) in [6.07, 6.45) is 0.841. The van der Waals surface area contributed by atoms with Crippen molar-refractivity contribution < 1.29 is 22.5 Å². The van der Waals surface area contributed by atoms with E-state index in [1.165, 1.54) is 22.5 Å². The van der Waals surface area contributed by atoms with E-state index in [9.17, 15) is 17.6 Å². The maximum atomic E-state index is 13.3. The summed E-state index contributed by atoms with van der Waals surface area (Å²) in [5.41, 5.74) is -0.237. The van der Waals surface area contributed by atoms with Gasteiger partial charge < -0.3 is 10.2 Å². The fourth-order valence-corrected chi connectivity index (χ4v) is 4.21. The number of carbonyl (C=O) groups is 1. The van der Waals surface area contributed by atoms with Gasteiger partial charge in [-0.05, 0) is 38.5 Å². The number of amides is 1. The van der Waals surface area contributed by atoms with Crippen LogP contribution >= 0.6 is 0 Å². The second-order valence-corrected chi connectivity index (χ2v) is 9.01. The molecule has 0 aliphatic carbocycles. The summed E-state index contributed by atoms with van der Waals surface area (Å²) in [7, 11) is -3.69. The predicted molar refractivity (Wildman–Crippen MR) is 93.2 cm³/mol. The molecule has 0 aromatic heterocycles. The number of piperazine rings is 1. The third-order valence-electron chi connectivity index (χ3n) is 4.64. The van der Waals surface area contributed by atoms with Crippen LogP contribution in [0.3, 0.4) is 0 Å². The molecular formula is C17H27FN3O3S+. The van der Waals surface area contributed by atoms with Crippen molar-refractivity contribution in [3.63, 3.8) is 0 Å². The first-order chi connectivity index (χ1) is 11.6. The number of sulfonamides is 1. The molecule has 0 saturated carbocycles. The Bertz CT molecular complexity index is 714. The van der Waals surface area contributed by atoms with Crippen LogP contribution in [-0.2, 0) is 14.8 Å². The Hall–Kier alpha value is -1.51. The molecule has 0 spiro atoms. The Balaban J connectivity index is 1.92. The van der Waals surface area contributed by atoms with Gasteiger partial charge in [0.05, 0.1) is 31.1 Å². The molecule has 2 rings (SSSR count). The van der Waals surface area contributed by atoms with Gasteiger partial charge in [-0.2, -0.15) is 4.31 Å². The maximum Gasteiger partial charge on any atom is 0.275 e. The molecule has 2 N–H and O–H groups in total. The molecule has 1 amide bonds. The topological polar surface area (TPSA) is 70.9 Å². The Labute approximate surface area is 149 Å². The van der Waals surface area contributed by atoms with Gasteiger partial charge in [0.1, 0.15) is 5.82 Å². The highest BCUT2D eigenvalue weighted by molar-refractivity contribution is 7.89. The summed E-state index contributed by atoms with van der Waals surface area (Å²) in [5.74, 6) is -0.594. The molecule has 1 heterocycles. The Morgan fingerprint density at radius 2 is 1.96 bits per heavy atom. The van der Waals surface area contributed by atoms with Crippen molar-refractivity contribution >= 4 is 15.9 Å². The smallest absolute Gasteiger partial charge is 0.275 e. The average molecular weight is 372 g/mol. The van der Waals surface area contributed by atoms with Gasteiger partial charge in [0.25, 0.3) is 5.91 Å². The normalized spacial score (nSPS) is 17.4. The number of benzene rings is 1. The van der Waals surface area contributed by atoms with Crippen molar-refractivity contribution in [1.29, 1.82) is 0 Å². The number of rotatable bonds is 6. The SMILES string of the molecule is CCC(C)(C)NC(=O)C[NH+]1CCN(S(=O)(=O)c2cccc(F)c2)CC1. The van der Waals surface area contributed by atoms with Gasteiger partial charge in [0.2, 0.25) is 10.0 Å². The van der Waals surface area contributed by atoms with E-state index in [0.29, 0.717) is 32.7 Å². The molecule has 25 heavy (non-hydrogen) atoms. The zero-order valence-corrected chi connectivity index (χ0v) is 15.8. The molecule has 0 atom stereocenters. The first-order valence-corrected chi connectivity index (χ1v) is 9.98. The van der Waals surface area contributed by atoms with Crippen LogP contribution in [-0.4, -0.2) is 56.9 Å². The van der Waals surface area contributed by atoms with E-state index in [1.807, 2.05) is 20.8 Å². The zero-order chi connectivity index (χ0) is 18.7. The number of nitrogens with zero attached hydrogens (tertiary/aromatic N) is 1. The quantitative estimate of drug-likeness (QED) is 0.740. The van der Waals surface area contributed by atoms with Gasteiger partial charge in [0, 0.05) is 5.54 Å². The van der Waals surface area contributed by atoms with Gasteiger partial charge in [-0.1, -0.05) is 13.0 Å². The predicted octanol–water partition coefficient (Wildman–Crippen LogP) is 0.0197. The van der Waals surface area contributed by atoms with Crippen LogP contribution in [0.25, 0.3) is 0 Å². The molecule has 1 aliphatic rings. The van der Waals surface area contributed by atoms with Crippen molar-refractivity contribution in [3.8, 4) is 0 Å². The molecule has 1 aromatic rings. The molecular weight excluding hydrogens is 345 g/mol. The fraction of sp³-hybridized carbons (Fsp3) is 0.588. The molecule has 0 unspecified atom stereocenters. The van der Waals surface area contributed by atoms with Crippen molar-refractivity contribution in [1.82, 2.24) is 9.62 Å². The van der Waals surface area contributed by atoms with Gasteiger partial charge in [0.15, 0.2) is 6.54 Å². The lowest BCUT2D eigenvalue weighted by atomic mass is 10.0. The monoisotopic (exact) mass is 372 g/mol. The first-order valence-electron chi connectivity index (χ1n) is 8.54. The Kier molecular flexibility index (Phi) is 6.18. The summed E-state index contributed by atoms with van der Waals surface area (Å²) in [5, 5.41) is 2.99. The number of hydrogen-bond acceptors (Lipinski definition) is 3. The van der Waals surface area contributed by atoms with Gasteiger partial charge in [-0.15, -0.1) is 0 Å². The van der Waals surface area contributed by atoms with Crippen LogP contribution in [0.4, 0.5) is 4.39 Å². The standard InChI is InChI=1S/C17H26FN3O3S/c1-4-17(2,3)19-16(22)13-20-8-10-21(11-9-20)25(23,24)15-7-5-6-14(18)12-15/h5-7,12H,4,8-11,13H2,1-3H3,(H,19,22)/p+1. The van der Waals surface area contributed by atoms with Crippen LogP contribution in [0.2, 0.25) is 0 Å². The number of quaternary nitrogens is 1. The van der Waals surface area contributed by atoms with Crippen LogP contribution in [0, 0.1) is 5.82 Å². The molecule has 1 aromatic carbocycles. The first kappa shape index (κ1) is 19.8. The molecule has 6 nitrogen and oxygen atoms in total. The summed E-state index contributed by atoms with van der Waals surface area (Å²) in [6, 6.07) is 5.05. The van der Waals surface area contributed by atoms with Crippen LogP contribution in [0.5, 0.6) is 0 Å². The van der Waals surface area contributed by atoms with Crippen LogP contribution in [0.15, 0.2) is 29.2 Å². The number of nitrogens with one attached hydrogen (secondary N) is 2. The van der Waals surface area contributed by atoms with E-state index in [-0.39, 0.29) is 16.3 Å². The highest BCUT2D eigenvalue weighted by Crippen LogP contribution is 2.16. The number of halogens is 1. The van der Waals surface area contributed by atoms with E-state index in [4.69, 9.17) is 0 Å². The van der Waals surface area contributed by atoms with Crippen molar-refractivity contribution in [3.05, 3.63) is 30.1 Å². The molecule has 140 valence electrons. The molecule has 1 aliphatic heterocycles. The summed E-state index contributed by atoms with van der Waals surface area (Å²) in [4.78, 5) is 13.1. The maximum absolute atomic E-state index is 13.3. The van der Waals surface area contributed by atoms with E-state index < -0.39 is 15.8 Å². The number of hydrogen-bond donors (Lipinski definition) is 2. The highest BCUT2D eigenvalue weighted by atomic mass is 32.2. The largest absolute Gasteiger partial charge is 0.346 e. The number of carbonyl (C=O) groups excluding carboxylic acids is 1. The lowest BCUT2D eigenvalue weighted by Crippen LogP contribution is -3.16. The zero-order valence-electron chi connectivity index (χ0n) is 15.0. The molecule has 1 fully saturated rings. The summed E-state index contributed by atoms with van der Waals surface area (Å²) in [6.45, 7) is 8.04.